The lowest BCUT2D eigenvalue weighted by Gasteiger charge is -2.28. The molecule has 5 aromatic rings. The van der Waals surface area contributed by atoms with Crippen molar-refractivity contribution < 1.29 is 38.5 Å². The Morgan fingerprint density at radius 3 is 2.23 bits per heavy atom. The molecule has 3 atom stereocenters. The van der Waals surface area contributed by atoms with Gasteiger partial charge in [-0.05, 0) is 75.4 Å². The number of aliphatic hydroxyl groups is 1. The molecule has 0 aliphatic heterocycles. The van der Waals surface area contributed by atoms with Crippen LogP contribution in [0.5, 0.6) is 0 Å². The van der Waals surface area contributed by atoms with Crippen molar-refractivity contribution in [3.63, 3.8) is 0 Å². The first kappa shape index (κ1) is 44.9. The van der Waals surface area contributed by atoms with Crippen LogP contribution in [0.3, 0.4) is 0 Å². The number of hydrogen-bond donors (Lipinski definition) is 6. The second kappa shape index (κ2) is 21.7. The first-order valence-electron chi connectivity index (χ1n) is 20.0. The van der Waals surface area contributed by atoms with Crippen molar-refractivity contribution in [3.8, 4) is 0 Å². The Labute approximate surface area is 349 Å². The van der Waals surface area contributed by atoms with Gasteiger partial charge in [0.1, 0.15) is 23.2 Å². The lowest BCUT2D eigenvalue weighted by atomic mass is 9.99. The molecule has 0 bridgehead atoms. The van der Waals surface area contributed by atoms with Crippen LogP contribution in [0, 0.1) is 5.92 Å². The van der Waals surface area contributed by atoms with Gasteiger partial charge < -0.3 is 45.9 Å². The normalized spacial score (nSPS) is 13.1. The number of para-hydroxylation sites is 2. The predicted octanol–water partition coefficient (Wildman–Crippen LogP) is 4.12. The van der Waals surface area contributed by atoms with Crippen LogP contribution in [0.2, 0.25) is 0 Å². The Bertz CT molecular complexity index is 2170. The van der Waals surface area contributed by atoms with E-state index in [1.54, 1.807) is 51.4 Å². The summed E-state index contributed by atoms with van der Waals surface area (Å²) in [5.41, 5.74) is 2.47. The molecule has 6 N–H and O–H groups in total. The molecule has 0 spiro atoms. The first-order valence-corrected chi connectivity index (χ1v) is 20.0. The molecule has 4 amide bonds. The Morgan fingerprint density at radius 2 is 1.53 bits per heavy atom. The highest BCUT2D eigenvalue weighted by Crippen LogP contribution is 2.17. The SMILES string of the molecule is CC(C)C[C@H](NC(=O)[C@@H](O)[C@@H](Cc1ccccc1)NC(=O)OC(C)(C)C)C(=O)NCCOCCOCCNc1ccc(NC(=O)c2ccn3c(n2)nc2ccccc23)cn1. The third-order valence-corrected chi connectivity index (χ3v) is 8.89. The van der Waals surface area contributed by atoms with Gasteiger partial charge in [-0.2, -0.15) is 0 Å². The quantitative estimate of drug-likeness (QED) is 0.0576. The number of amides is 4. The summed E-state index contributed by atoms with van der Waals surface area (Å²) in [5.74, 6) is -0.482. The largest absolute Gasteiger partial charge is 0.444 e. The van der Waals surface area contributed by atoms with Crippen molar-refractivity contribution in [3.05, 3.63) is 96.4 Å². The molecule has 60 heavy (non-hydrogen) atoms. The predicted molar refractivity (Wildman–Crippen MR) is 227 cm³/mol. The van der Waals surface area contributed by atoms with E-state index in [0.29, 0.717) is 50.1 Å². The van der Waals surface area contributed by atoms with Crippen LogP contribution < -0.4 is 26.6 Å². The number of fused-ring (bicyclic) bond motifs is 3. The van der Waals surface area contributed by atoms with Gasteiger partial charge in [0.25, 0.3) is 11.8 Å². The molecule has 0 aliphatic rings. The molecule has 0 saturated heterocycles. The Balaban J connectivity index is 0.965. The minimum Gasteiger partial charge on any atom is -0.444 e. The molecule has 0 radical (unpaired) electrons. The average Bonchev–Trinajstić information content (AvgIpc) is 3.58. The van der Waals surface area contributed by atoms with Gasteiger partial charge in [-0.15, -0.1) is 0 Å². The van der Waals surface area contributed by atoms with E-state index in [1.807, 2.05) is 72.8 Å². The summed E-state index contributed by atoms with van der Waals surface area (Å²) in [6.07, 6.45) is 1.37. The van der Waals surface area contributed by atoms with Gasteiger partial charge in [0.05, 0.1) is 55.4 Å². The monoisotopic (exact) mass is 825 g/mol. The highest BCUT2D eigenvalue weighted by molar-refractivity contribution is 6.03. The van der Waals surface area contributed by atoms with Crippen molar-refractivity contribution in [2.45, 2.75) is 71.2 Å². The van der Waals surface area contributed by atoms with Gasteiger partial charge in [-0.25, -0.2) is 19.7 Å². The van der Waals surface area contributed by atoms with Crippen LogP contribution in [0.15, 0.2) is 85.2 Å². The van der Waals surface area contributed by atoms with E-state index >= 15 is 0 Å². The summed E-state index contributed by atoms with van der Waals surface area (Å²) < 4.78 is 18.4. The molecule has 17 nitrogen and oxygen atoms in total. The van der Waals surface area contributed by atoms with E-state index in [1.165, 1.54) is 0 Å². The Hall–Kier alpha value is -6.17. The fourth-order valence-corrected chi connectivity index (χ4v) is 6.10. The lowest BCUT2D eigenvalue weighted by Crippen LogP contribution is -2.56. The number of nitrogens with zero attached hydrogens (tertiary/aromatic N) is 4. The summed E-state index contributed by atoms with van der Waals surface area (Å²) in [6.45, 7) is 10.9. The molecule has 2 aromatic carbocycles. The zero-order chi connectivity index (χ0) is 43.1. The number of imidazole rings is 1. The lowest BCUT2D eigenvalue weighted by molar-refractivity contribution is -0.135. The number of ether oxygens (including phenoxy) is 3. The summed E-state index contributed by atoms with van der Waals surface area (Å²) in [7, 11) is 0. The minimum atomic E-state index is -1.66. The zero-order valence-electron chi connectivity index (χ0n) is 34.6. The van der Waals surface area contributed by atoms with Crippen LogP contribution >= 0.6 is 0 Å². The molecular weight excluding hydrogens is 771 g/mol. The summed E-state index contributed by atoms with van der Waals surface area (Å²) in [4.78, 5) is 65.1. The Kier molecular flexibility index (Phi) is 16.3. The number of nitrogens with one attached hydrogen (secondary N) is 5. The number of alkyl carbamates (subject to hydrolysis) is 1. The first-order chi connectivity index (χ1) is 28.8. The number of carbonyl (C=O) groups is 4. The van der Waals surface area contributed by atoms with Crippen molar-refractivity contribution in [2.24, 2.45) is 5.92 Å². The smallest absolute Gasteiger partial charge is 0.407 e. The van der Waals surface area contributed by atoms with Gasteiger partial charge in [-0.3, -0.25) is 18.8 Å². The van der Waals surface area contributed by atoms with E-state index in [9.17, 15) is 24.3 Å². The molecule has 3 aromatic heterocycles. The number of pyridine rings is 1. The maximum Gasteiger partial charge on any atom is 0.407 e. The highest BCUT2D eigenvalue weighted by Gasteiger charge is 2.32. The molecule has 320 valence electrons. The van der Waals surface area contributed by atoms with Crippen molar-refractivity contribution >= 4 is 52.1 Å². The van der Waals surface area contributed by atoms with Crippen LogP contribution in [0.25, 0.3) is 16.8 Å². The van der Waals surface area contributed by atoms with Gasteiger partial charge in [-0.1, -0.05) is 56.3 Å². The Morgan fingerprint density at radius 1 is 0.817 bits per heavy atom. The van der Waals surface area contributed by atoms with Crippen LogP contribution in [-0.4, -0.2) is 112 Å². The molecule has 0 aliphatic carbocycles. The highest BCUT2D eigenvalue weighted by atomic mass is 16.6. The molecule has 0 saturated carbocycles. The zero-order valence-corrected chi connectivity index (χ0v) is 34.6. The molecular formula is C43H55N9O8. The molecule has 0 fully saturated rings. The van der Waals surface area contributed by atoms with Crippen molar-refractivity contribution in [1.82, 2.24) is 35.3 Å². The molecule has 3 heterocycles. The summed E-state index contributed by atoms with van der Waals surface area (Å²) >= 11 is 0. The number of anilines is 2. The van der Waals surface area contributed by atoms with Crippen LogP contribution in [-0.2, 0) is 30.2 Å². The number of hydrogen-bond acceptors (Lipinski definition) is 12. The third-order valence-electron chi connectivity index (χ3n) is 8.89. The number of benzene rings is 2. The topological polar surface area (TPSA) is 219 Å². The average molecular weight is 826 g/mol. The standard InChI is InChI=1S/C43H55N9O8/c1-28(2)25-34(48-40(56)37(53)33(26-29-11-7-6-8-12-29)51-42(57)60-43(3,4)5)38(54)45-19-22-59-24-23-58-21-18-44-36-16-15-30(27-46-36)47-39(55)32-17-20-52-35-14-10-9-13-31(35)49-41(52)50-32/h6-17,20,27-28,33-34,37,53H,18-19,21-26H2,1-5H3,(H,44,46)(H,45,54)(H,47,55)(H,48,56)(H,51,57)/t33-,34+,37+/m1/s1. The van der Waals surface area contributed by atoms with E-state index in [-0.39, 0.29) is 37.1 Å². The third kappa shape index (κ3) is 14.0. The van der Waals surface area contributed by atoms with Gasteiger partial charge in [0, 0.05) is 19.3 Å². The second-order valence-electron chi connectivity index (χ2n) is 15.5. The van der Waals surface area contributed by atoms with Crippen LogP contribution in [0.1, 0.15) is 57.1 Å². The summed E-state index contributed by atoms with van der Waals surface area (Å²) in [6, 6.07) is 20.0. The van der Waals surface area contributed by atoms with E-state index in [4.69, 9.17) is 14.2 Å². The number of carbonyl (C=O) groups excluding carboxylic acids is 4. The van der Waals surface area contributed by atoms with Gasteiger partial charge >= 0.3 is 6.09 Å². The van der Waals surface area contributed by atoms with Crippen molar-refractivity contribution in [1.29, 1.82) is 0 Å². The number of aliphatic hydroxyl groups excluding tert-OH is 1. The molecule has 5 rings (SSSR count). The maximum absolute atomic E-state index is 13.3. The van der Waals surface area contributed by atoms with E-state index in [2.05, 4.69) is 41.5 Å². The van der Waals surface area contributed by atoms with E-state index in [0.717, 1.165) is 16.6 Å². The van der Waals surface area contributed by atoms with Gasteiger partial charge in [0.15, 0.2) is 6.10 Å². The molecule has 0 unspecified atom stereocenters. The fraction of sp³-hybridized carbons (Fsp3) is 0.419. The van der Waals surface area contributed by atoms with Crippen molar-refractivity contribution in [2.75, 3.05) is 50.2 Å². The maximum atomic E-state index is 13.3. The number of aromatic nitrogens is 4. The van der Waals surface area contributed by atoms with Gasteiger partial charge in [0.2, 0.25) is 11.7 Å². The van der Waals surface area contributed by atoms with E-state index < -0.39 is 41.7 Å². The fourth-order valence-electron chi connectivity index (χ4n) is 6.10. The second-order valence-corrected chi connectivity index (χ2v) is 15.5. The minimum absolute atomic E-state index is 0.0545. The molecule has 17 heteroatoms. The number of rotatable bonds is 21. The summed E-state index contributed by atoms with van der Waals surface area (Å²) in [5, 5.41) is 25.1. The van der Waals surface area contributed by atoms with Crippen LogP contribution in [0.4, 0.5) is 16.3 Å².